The van der Waals surface area contributed by atoms with Crippen LogP contribution in [-0.4, -0.2) is 36.3 Å². The molecule has 74 valence electrons. The maximum Gasteiger partial charge on any atom is 0.0682 e. The molecule has 2 N–H and O–H groups in total. The standard InChI is InChI=1S/C10H19N3/c1-8(11)5-9-6-13(4)7-10(2,3)12-9/h5H,6-7,11H2,1-4H3/b8-5-. The Balaban J connectivity index is 2.85. The third-order valence-electron chi connectivity index (χ3n) is 1.93. The molecule has 3 nitrogen and oxygen atoms in total. The number of hydrogen-bond donors (Lipinski definition) is 1. The fourth-order valence-corrected chi connectivity index (χ4v) is 1.79. The molecular weight excluding hydrogens is 162 g/mol. The van der Waals surface area contributed by atoms with Crippen molar-refractivity contribution in [3.05, 3.63) is 11.8 Å². The van der Waals surface area contributed by atoms with Gasteiger partial charge in [0.15, 0.2) is 0 Å². The quantitative estimate of drug-likeness (QED) is 0.656. The lowest BCUT2D eigenvalue weighted by atomic mass is 10.0. The van der Waals surface area contributed by atoms with Crippen LogP contribution in [0.5, 0.6) is 0 Å². The van der Waals surface area contributed by atoms with Crippen LogP contribution in [0, 0.1) is 0 Å². The van der Waals surface area contributed by atoms with E-state index >= 15 is 0 Å². The van der Waals surface area contributed by atoms with Crippen LogP contribution < -0.4 is 5.73 Å². The van der Waals surface area contributed by atoms with Crippen molar-refractivity contribution < 1.29 is 0 Å². The maximum absolute atomic E-state index is 5.62. The predicted molar refractivity (Wildman–Crippen MR) is 57.0 cm³/mol. The van der Waals surface area contributed by atoms with Gasteiger partial charge in [-0.15, -0.1) is 0 Å². The number of allylic oxidation sites excluding steroid dienone is 1. The highest BCUT2D eigenvalue weighted by atomic mass is 15.2. The van der Waals surface area contributed by atoms with Crippen molar-refractivity contribution in [3.8, 4) is 0 Å². The van der Waals surface area contributed by atoms with E-state index in [0.717, 1.165) is 24.5 Å². The molecule has 0 radical (unpaired) electrons. The molecule has 0 aromatic carbocycles. The Labute approximate surface area is 80.3 Å². The molecule has 0 unspecified atom stereocenters. The Hall–Kier alpha value is -0.830. The number of likely N-dealkylation sites (N-methyl/N-ethyl adjacent to an activating group) is 1. The van der Waals surface area contributed by atoms with E-state index < -0.39 is 0 Å². The van der Waals surface area contributed by atoms with E-state index in [4.69, 9.17) is 5.73 Å². The van der Waals surface area contributed by atoms with Gasteiger partial charge in [-0.25, -0.2) is 0 Å². The normalized spacial score (nSPS) is 24.3. The second-order valence-electron chi connectivity index (χ2n) is 4.48. The average Bonchev–Trinajstić information content (AvgIpc) is 1.78. The fourth-order valence-electron chi connectivity index (χ4n) is 1.79. The molecule has 0 saturated carbocycles. The smallest absolute Gasteiger partial charge is 0.0682 e. The van der Waals surface area contributed by atoms with E-state index in [9.17, 15) is 0 Å². The molecular formula is C10H19N3. The molecule has 0 fully saturated rings. The first-order valence-electron chi connectivity index (χ1n) is 4.60. The Morgan fingerprint density at radius 2 is 2.23 bits per heavy atom. The Morgan fingerprint density at radius 1 is 1.62 bits per heavy atom. The van der Waals surface area contributed by atoms with Crippen molar-refractivity contribution in [2.75, 3.05) is 20.1 Å². The second-order valence-corrected chi connectivity index (χ2v) is 4.48. The molecule has 0 aromatic rings. The van der Waals surface area contributed by atoms with Crippen LogP contribution in [0.25, 0.3) is 0 Å². The Morgan fingerprint density at radius 3 is 2.69 bits per heavy atom. The van der Waals surface area contributed by atoms with Gasteiger partial charge in [-0.2, -0.15) is 0 Å². The predicted octanol–water partition coefficient (Wildman–Crippen LogP) is 1.01. The zero-order valence-corrected chi connectivity index (χ0v) is 8.96. The lowest BCUT2D eigenvalue weighted by Crippen LogP contribution is -2.43. The van der Waals surface area contributed by atoms with Gasteiger partial charge in [0.2, 0.25) is 0 Å². The molecule has 0 aliphatic carbocycles. The summed E-state index contributed by atoms with van der Waals surface area (Å²) in [7, 11) is 2.11. The zero-order valence-electron chi connectivity index (χ0n) is 8.96. The summed E-state index contributed by atoms with van der Waals surface area (Å²) in [6, 6.07) is 0. The van der Waals surface area contributed by atoms with Gasteiger partial charge < -0.3 is 5.73 Å². The molecule has 13 heavy (non-hydrogen) atoms. The topological polar surface area (TPSA) is 41.6 Å². The first kappa shape index (κ1) is 10.3. The highest BCUT2D eigenvalue weighted by Gasteiger charge is 2.24. The van der Waals surface area contributed by atoms with Crippen molar-refractivity contribution in [2.45, 2.75) is 26.3 Å². The second kappa shape index (κ2) is 3.50. The largest absolute Gasteiger partial charge is 0.402 e. The average molecular weight is 181 g/mol. The number of nitrogens with two attached hydrogens (primary N) is 1. The van der Waals surface area contributed by atoms with E-state index in [0.29, 0.717) is 0 Å². The summed E-state index contributed by atoms with van der Waals surface area (Å²) >= 11 is 0. The summed E-state index contributed by atoms with van der Waals surface area (Å²) in [5.74, 6) is 0. The summed E-state index contributed by atoms with van der Waals surface area (Å²) in [5.41, 5.74) is 7.55. The van der Waals surface area contributed by atoms with Gasteiger partial charge in [-0.05, 0) is 33.9 Å². The SMILES string of the molecule is C/C(N)=C/C1=NC(C)(C)CN(C)C1. The third kappa shape index (κ3) is 3.19. The van der Waals surface area contributed by atoms with Gasteiger partial charge in [0, 0.05) is 18.8 Å². The van der Waals surface area contributed by atoms with Crippen LogP contribution in [0.15, 0.2) is 16.8 Å². The minimum absolute atomic E-state index is 0.0221. The number of nitrogens with zero attached hydrogens (tertiary/aromatic N) is 2. The summed E-state index contributed by atoms with van der Waals surface area (Å²) in [6.07, 6.45) is 1.96. The molecule has 1 rings (SSSR count). The van der Waals surface area contributed by atoms with E-state index in [2.05, 4.69) is 30.8 Å². The first-order valence-corrected chi connectivity index (χ1v) is 4.60. The van der Waals surface area contributed by atoms with Gasteiger partial charge in [-0.1, -0.05) is 0 Å². The van der Waals surface area contributed by atoms with Crippen LogP contribution in [-0.2, 0) is 0 Å². The minimum atomic E-state index is 0.0221. The van der Waals surface area contributed by atoms with Gasteiger partial charge in [0.1, 0.15) is 0 Å². The van der Waals surface area contributed by atoms with E-state index in [1.807, 2.05) is 13.0 Å². The van der Waals surface area contributed by atoms with Crippen LogP contribution >= 0.6 is 0 Å². The zero-order chi connectivity index (χ0) is 10.1. The number of aliphatic imine (C=N–C) groups is 1. The fraction of sp³-hybridized carbons (Fsp3) is 0.700. The van der Waals surface area contributed by atoms with Crippen molar-refractivity contribution in [2.24, 2.45) is 10.7 Å². The van der Waals surface area contributed by atoms with E-state index in [1.54, 1.807) is 0 Å². The van der Waals surface area contributed by atoms with E-state index in [-0.39, 0.29) is 5.54 Å². The lowest BCUT2D eigenvalue weighted by Gasteiger charge is -2.32. The molecule has 1 aliphatic heterocycles. The third-order valence-corrected chi connectivity index (χ3v) is 1.93. The first-order chi connectivity index (χ1) is 5.89. The molecule has 1 aliphatic rings. The van der Waals surface area contributed by atoms with Crippen LogP contribution in [0.2, 0.25) is 0 Å². The molecule has 0 aromatic heterocycles. The van der Waals surface area contributed by atoms with Crippen molar-refractivity contribution >= 4 is 5.71 Å². The molecule has 0 amide bonds. The summed E-state index contributed by atoms with van der Waals surface area (Å²) in [4.78, 5) is 6.89. The van der Waals surface area contributed by atoms with Gasteiger partial charge in [-0.3, -0.25) is 9.89 Å². The molecule has 0 bridgehead atoms. The van der Waals surface area contributed by atoms with Gasteiger partial charge in [0.25, 0.3) is 0 Å². The Bertz CT molecular complexity index is 247. The maximum atomic E-state index is 5.62. The molecule has 3 heteroatoms. The summed E-state index contributed by atoms with van der Waals surface area (Å²) in [5, 5.41) is 0. The molecule has 0 spiro atoms. The van der Waals surface area contributed by atoms with E-state index in [1.165, 1.54) is 0 Å². The van der Waals surface area contributed by atoms with Gasteiger partial charge in [0.05, 0.1) is 11.3 Å². The minimum Gasteiger partial charge on any atom is -0.402 e. The Kier molecular flexibility index (Phi) is 2.76. The monoisotopic (exact) mass is 181 g/mol. The molecule has 1 heterocycles. The summed E-state index contributed by atoms with van der Waals surface area (Å²) in [6.45, 7) is 8.08. The van der Waals surface area contributed by atoms with Crippen molar-refractivity contribution in [3.63, 3.8) is 0 Å². The van der Waals surface area contributed by atoms with Crippen LogP contribution in [0.3, 0.4) is 0 Å². The van der Waals surface area contributed by atoms with Crippen LogP contribution in [0.1, 0.15) is 20.8 Å². The van der Waals surface area contributed by atoms with Crippen LogP contribution in [0.4, 0.5) is 0 Å². The van der Waals surface area contributed by atoms with Gasteiger partial charge >= 0.3 is 0 Å². The highest BCUT2D eigenvalue weighted by molar-refractivity contribution is 5.97. The lowest BCUT2D eigenvalue weighted by molar-refractivity contribution is 0.284. The van der Waals surface area contributed by atoms with Crippen molar-refractivity contribution in [1.82, 2.24) is 4.90 Å². The molecule has 0 saturated heterocycles. The highest BCUT2D eigenvalue weighted by Crippen LogP contribution is 2.16. The molecule has 0 atom stereocenters. The van der Waals surface area contributed by atoms with Crippen molar-refractivity contribution in [1.29, 1.82) is 0 Å². The number of rotatable bonds is 1. The number of hydrogen-bond acceptors (Lipinski definition) is 3. The summed E-state index contributed by atoms with van der Waals surface area (Å²) < 4.78 is 0.